The maximum absolute atomic E-state index is 12.2. The van der Waals surface area contributed by atoms with Crippen LogP contribution in [0.5, 0.6) is 11.5 Å². The molecule has 2 aromatic rings. The minimum Gasteiger partial charge on any atom is -0.490 e. The number of nitriles is 1. The van der Waals surface area contributed by atoms with Gasteiger partial charge < -0.3 is 25.4 Å². The van der Waals surface area contributed by atoms with Crippen LogP contribution < -0.4 is 20.6 Å². The van der Waals surface area contributed by atoms with Gasteiger partial charge in [0.15, 0.2) is 11.6 Å². The molecule has 1 amide bonds. The molecule has 1 unspecified atom stereocenters. The van der Waals surface area contributed by atoms with Crippen LogP contribution in [-0.2, 0) is 11.2 Å². The van der Waals surface area contributed by atoms with E-state index in [1.54, 1.807) is 18.2 Å². The van der Waals surface area contributed by atoms with Crippen molar-refractivity contribution in [1.82, 2.24) is 5.32 Å². The zero-order valence-corrected chi connectivity index (χ0v) is 19.6. The number of amides is 1. The molecule has 0 radical (unpaired) electrons. The van der Waals surface area contributed by atoms with E-state index in [0.717, 1.165) is 29.5 Å². The van der Waals surface area contributed by atoms with Crippen LogP contribution in [0.4, 0.5) is 4.79 Å². The molecule has 8 heteroatoms. The highest BCUT2D eigenvalue weighted by Gasteiger charge is 2.28. The molecule has 0 aromatic heterocycles. The number of nitrogens with zero attached hydrogens (tertiary/aromatic N) is 2. The Morgan fingerprint density at radius 3 is 2.70 bits per heavy atom. The van der Waals surface area contributed by atoms with Crippen LogP contribution in [0.2, 0.25) is 0 Å². The maximum Gasteiger partial charge on any atom is 0.408 e. The number of carbonyl (C=O) groups is 1. The van der Waals surface area contributed by atoms with Crippen LogP contribution in [-0.4, -0.2) is 23.6 Å². The van der Waals surface area contributed by atoms with Gasteiger partial charge in [0.25, 0.3) is 0 Å². The Kier molecular flexibility index (Phi) is 7.12. The molecule has 33 heavy (non-hydrogen) atoms. The molecule has 0 spiro atoms. The fraction of sp³-hybridized carbons (Fsp3) is 0.400. The van der Waals surface area contributed by atoms with Gasteiger partial charge in [-0.1, -0.05) is 23.4 Å². The molecule has 0 heterocycles. The summed E-state index contributed by atoms with van der Waals surface area (Å²) in [5.74, 6) is 1.08. The Bertz CT molecular complexity index is 1100. The summed E-state index contributed by atoms with van der Waals surface area (Å²) in [6.45, 7) is 9.27. The lowest BCUT2D eigenvalue weighted by atomic mass is 10.0. The molecule has 1 aliphatic rings. The minimum atomic E-state index is -0.563. The van der Waals surface area contributed by atoms with Crippen molar-refractivity contribution in [3.05, 3.63) is 58.7 Å². The van der Waals surface area contributed by atoms with Crippen molar-refractivity contribution in [1.29, 1.82) is 5.26 Å². The number of nitrogens with two attached hydrogens (primary N) is 1. The van der Waals surface area contributed by atoms with Crippen molar-refractivity contribution in [3.63, 3.8) is 0 Å². The standard InChI is InChI=1S/C25H30N4O4/c1-15(2)31-22-12-9-17(13-16(22)14-26)33-29-23(27)20-8-6-7-19-18(20)10-11-21(19)28-24(30)32-25(3,4)5/h6-9,12-13,15,21H,10-11H2,1-5H3,(H2,27,29)(H,28,30). The van der Waals surface area contributed by atoms with Crippen LogP contribution in [0.3, 0.4) is 0 Å². The third-order valence-corrected chi connectivity index (χ3v) is 4.92. The van der Waals surface area contributed by atoms with Crippen molar-refractivity contribution >= 4 is 11.9 Å². The Morgan fingerprint density at radius 2 is 2.03 bits per heavy atom. The summed E-state index contributed by atoms with van der Waals surface area (Å²) in [5.41, 5.74) is 8.78. The summed E-state index contributed by atoms with van der Waals surface area (Å²) in [5, 5.41) is 16.4. The molecular weight excluding hydrogens is 420 g/mol. The second-order valence-corrected chi connectivity index (χ2v) is 9.12. The van der Waals surface area contributed by atoms with Gasteiger partial charge in [0.05, 0.1) is 17.7 Å². The predicted molar refractivity (Wildman–Crippen MR) is 125 cm³/mol. The lowest BCUT2D eigenvalue weighted by Crippen LogP contribution is -2.34. The van der Waals surface area contributed by atoms with E-state index < -0.39 is 11.7 Å². The first-order chi connectivity index (χ1) is 15.6. The van der Waals surface area contributed by atoms with Crippen LogP contribution in [0.15, 0.2) is 41.6 Å². The number of rotatable bonds is 6. The molecule has 8 nitrogen and oxygen atoms in total. The summed E-state index contributed by atoms with van der Waals surface area (Å²) in [6, 6.07) is 12.6. The normalized spacial score (nSPS) is 15.5. The Labute approximate surface area is 194 Å². The number of benzene rings is 2. The largest absolute Gasteiger partial charge is 0.490 e. The molecule has 3 rings (SSSR count). The lowest BCUT2D eigenvalue weighted by molar-refractivity contribution is 0.0503. The van der Waals surface area contributed by atoms with E-state index in [1.165, 1.54) is 0 Å². The van der Waals surface area contributed by atoms with E-state index >= 15 is 0 Å². The zero-order chi connectivity index (χ0) is 24.2. The number of amidine groups is 1. The maximum atomic E-state index is 12.2. The quantitative estimate of drug-likeness (QED) is 0.378. The summed E-state index contributed by atoms with van der Waals surface area (Å²) in [6.07, 6.45) is 0.977. The van der Waals surface area contributed by atoms with Crippen LogP contribution in [0, 0.1) is 11.3 Å². The molecule has 1 atom stereocenters. The average molecular weight is 451 g/mol. The Hall–Kier alpha value is -3.73. The van der Waals surface area contributed by atoms with Crippen molar-refractivity contribution in [2.75, 3.05) is 0 Å². The second kappa shape index (κ2) is 9.82. The number of fused-ring (bicyclic) bond motifs is 1. The molecule has 3 N–H and O–H groups in total. The summed E-state index contributed by atoms with van der Waals surface area (Å²) >= 11 is 0. The first-order valence-electron chi connectivity index (χ1n) is 10.9. The second-order valence-electron chi connectivity index (χ2n) is 9.12. The van der Waals surface area contributed by atoms with Crippen LogP contribution >= 0.6 is 0 Å². The third kappa shape index (κ3) is 6.16. The number of nitrogens with one attached hydrogen (secondary N) is 1. The highest BCUT2D eigenvalue weighted by molar-refractivity contribution is 5.99. The highest BCUT2D eigenvalue weighted by Crippen LogP contribution is 2.33. The van der Waals surface area contributed by atoms with Gasteiger partial charge in [-0.2, -0.15) is 5.26 Å². The molecule has 0 aliphatic heterocycles. The van der Waals surface area contributed by atoms with Gasteiger partial charge in [0.2, 0.25) is 0 Å². The molecule has 1 aliphatic carbocycles. The van der Waals surface area contributed by atoms with E-state index in [4.69, 9.17) is 20.0 Å². The van der Waals surface area contributed by atoms with Crippen molar-refractivity contribution in [2.24, 2.45) is 10.9 Å². The number of hydrogen-bond donors (Lipinski definition) is 2. The first kappa shape index (κ1) is 23.9. The van der Waals surface area contributed by atoms with E-state index in [-0.39, 0.29) is 18.0 Å². The molecule has 0 fully saturated rings. The monoisotopic (exact) mass is 450 g/mol. The van der Waals surface area contributed by atoms with Gasteiger partial charge in [0, 0.05) is 11.6 Å². The first-order valence-corrected chi connectivity index (χ1v) is 10.9. The molecule has 174 valence electrons. The fourth-order valence-corrected chi connectivity index (χ4v) is 3.66. The van der Waals surface area contributed by atoms with Crippen molar-refractivity contribution in [2.45, 2.75) is 65.2 Å². The van der Waals surface area contributed by atoms with E-state index in [9.17, 15) is 10.1 Å². The predicted octanol–water partition coefficient (Wildman–Crippen LogP) is 4.56. The van der Waals surface area contributed by atoms with Gasteiger partial charge in [-0.25, -0.2) is 4.79 Å². The molecule has 0 saturated carbocycles. The molecule has 2 aromatic carbocycles. The Balaban J connectivity index is 1.75. The summed E-state index contributed by atoms with van der Waals surface area (Å²) < 4.78 is 11.0. The average Bonchev–Trinajstić information content (AvgIpc) is 3.13. The summed E-state index contributed by atoms with van der Waals surface area (Å²) in [7, 11) is 0. The van der Waals surface area contributed by atoms with Crippen LogP contribution in [0.25, 0.3) is 0 Å². The number of carbonyl (C=O) groups excluding carboxylic acids is 1. The van der Waals surface area contributed by atoms with Gasteiger partial charge in [0.1, 0.15) is 17.4 Å². The van der Waals surface area contributed by atoms with Crippen molar-refractivity contribution in [3.8, 4) is 17.6 Å². The molecular formula is C25H30N4O4. The van der Waals surface area contributed by atoms with E-state index in [2.05, 4.69) is 16.5 Å². The zero-order valence-electron chi connectivity index (χ0n) is 19.6. The number of hydrogen-bond acceptors (Lipinski definition) is 6. The topological polar surface area (TPSA) is 119 Å². The SMILES string of the molecule is CC(C)Oc1ccc(ON=C(N)c2cccc3c2CCC3NC(=O)OC(C)(C)C)cc1C#N. The molecule has 0 saturated heterocycles. The molecule has 0 bridgehead atoms. The third-order valence-electron chi connectivity index (χ3n) is 4.92. The van der Waals surface area contributed by atoms with Gasteiger partial charge in [-0.05, 0) is 70.7 Å². The lowest BCUT2D eigenvalue weighted by Gasteiger charge is -2.22. The summed E-state index contributed by atoms with van der Waals surface area (Å²) in [4.78, 5) is 17.7. The van der Waals surface area contributed by atoms with E-state index in [0.29, 0.717) is 17.1 Å². The van der Waals surface area contributed by atoms with Crippen molar-refractivity contribution < 1.29 is 19.1 Å². The van der Waals surface area contributed by atoms with E-state index in [1.807, 2.05) is 52.8 Å². The van der Waals surface area contributed by atoms with Gasteiger partial charge in [-0.3, -0.25) is 0 Å². The number of alkyl carbamates (subject to hydrolysis) is 1. The Morgan fingerprint density at radius 1 is 1.27 bits per heavy atom. The fourth-order valence-electron chi connectivity index (χ4n) is 3.66. The minimum absolute atomic E-state index is 0.0497. The number of ether oxygens (including phenoxy) is 2. The smallest absolute Gasteiger partial charge is 0.408 e. The highest BCUT2D eigenvalue weighted by atomic mass is 16.6. The van der Waals surface area contributed by atoms with Crippen LogP contribution in [0.1, 0.15) is 69.3 Å². The van der Waals surface area contributed by atoms with Gasteiger partial charge in [-0.15, -0.1) is 0 Å². The van der Waals surface area contributed by atoms with Gasteiger partial charge >= 0.3 is 6.09 Å². The number of oxime groups is 1.